The summed E-state index contributed by atoms with van der Waals surface area (Å²) in [6.45, 7) is 5.58. The third-order valence-corrected chi connectivity index (χ3v) is 7.12. The zero-order chi connectivity index (χ0) is 25.8. The van der Waals surface area contributed by atoms with Crippen LogP contribution in [0.2, 0.25) is 0 Å². The number of alkyl carbamates (subject to hydrolysis) is 1. The molecule has 0 aromatic heterocycles. The minimum atomic E-state index is -4.45. The van der Waals surface area contributed by atoms with Crippen molar-refractivity contribution in [2.75, 3.05) is 19.6 Å². The quantitative estimate of drug-likeness (QED) is 0.573. The van der Waals surface area contributed by atoms with Crippen LogP contribution in [-0.2, 0) is 31.0 Å². The molecule has 0 spiro atoms. The molecule has 1 aromatic carbocycles. The van der Waals surface area contributed by atoms with Crippen LogP contribution in [0.3, 0.4) is 0 Å². The molecule has 194 valence electrons. The number of nitrogens with zero attached hydrogens (tertiary/aromatic N) is 2. The van der Waals surface area contributed by atoms with Gasteiger partial charge < -0.3 is 19.7 Å². The summed E-state index contributed by atoms with van der Waals surface area (Å²) in [7, 11) is -4.45. The average Bonchev–Trinajstić information content (AvgIpc) is 3.23. The molecular formula is C23H33N3O8S. The van der Waals surface area contributed by atoms with Gasteiger partial charge in [0.05, 0.1) is 0 Å². The SMILES string of the molecule is CC(C)(C)OC(=O)NC1CCN(C(=O)[C@@H]2C[C@H](S(=O)(=O)O)CN2C(=O)OCc2ccccc2)CC1. The molecule has 0 aliphatic carbocycles. The van der Waals surface area contributed by atoms with Gasteiger partial charge in [0.25, 0.3) is 10.1 Å². The van der Waals surface area contributed by atoms with E-state index in [0.717, 1.165) is 10.5 Å². The fourth-order valence-corrected chi connectivity index (χ4v) is 4.95. The van der Waals surface area contributed by atoms with Crippen LogP contribution in [0.1, 0.15) is 45.6 Å². The molecule has 2 heterocycles. The number of amides is 3. The number of benzene rings is 1. The van der Waals surface area contributed by atoms with Crippen LogP contribution < -0.4 is 5.32 Å². The molecule has 2 N–H and O–H groups in total. The molecule has 2 aliphatic rings. The van der Waals surface area contributed by atoms with E-state index in [1.807, 2.05) is 6.07 Å². The molecule has 3 amide bonds. The number of carbonyl (C=O) groups is 3. The summed E-state index contributed by atoms with van der Waals surface area (Å²) in [6.07, 6.45) is -0.592. The highest BCUT2D eigenvalue weighted by Gasteiger charge is 2.46. The van der Waals surface area contributed by atoms with Crippen molar-refractivity contribution in [2.45, 2.75) is 69.6 Å². The number of rotatable bonds is 5. The first-order valence-electron chi connectivity index (χ1n) is 11.6. The van der Waals surface area contributed by atoms with Gasteiger partial charge >= 0.3 is 12.2 Å². The van der Waals surface area contributed by atoms with Crippen LogP contribution in [0.5, 0.6) is 0 Å². The minimum absolute atomic E-state index is 0.0324. The molecule has 12 heteroatoms. The van der Waals surface area contributed by atoms with Crippen LogP contribution >= 0.6 is 0 Å². The maximum atomic E-state index is 13.3. The first-order valence-corrected chi connectivity index (χ1v) is 13.1. The van der Waals surface area contributed by atoms with E-state index in [-0.39, 0.29) is 25.6 Å². The second-order valence-corrected chi connectivity index (χ2v) is 11.5. The Morgan fingerprint density at radius 3 is 2.31 bits per heavy atom. The van der Waals surface area contributed by atoms with Crippen molar-refractivity contribution in [1.82, 2.24) is 15.1 Å². The van der Waals surface area contributed by atoms with Gasteiger partial charge in [0.1, 0.15) is 23.5 Å². The summed E-state index contributed by atoms with van der Waals surface area (Å²) >= 11 is 0. The van der Waals surface area contributed by atoms with Crippen LogP contribution in [0.4, 0.5) is 9.59 Å². The summed E-state index contributed by atoms with van der Waals surface area (Å²) in [5.74, 6) is -0.413. The summed E-state index contributed by atoms with van der Waals surface area (Å²) in [5.41, 5.74) is 0.125. The van der Waals surface area contributed by atoms with Crippen molar-refractivity contribution in [3.8, 4) is 0 Å². The van der Waals surface area contributed by atoms with E-state index in [4.69, 9.17) is 9.47 Å². The maximum absolute atomic E-state index is 13.3. The normalized spacial score (nSPS) is 21.5. The molecule has 35 heavy (non-hydrogen) atoms. The molecule has 2 saturated heterocycles. The standard InChI is InChI=1S/C23H33N3O8S/c1-23(2,3)34-21(28)24-17-9-11-25(12-10-17)20(27)19-13-18(35(30,31)32)14-26(19)22(29)33-15-16-7-5-4-6-8-16/h4-8,17-19H,9-15H2,1-3H3,(H,24,28)(H,30,31,32)/t18-,19-/m0/s1. The molecule has 2 fully saturated rings. The van der Waals surface area contributed by atoms with Gasteiger partial charge in [-0.3, -0.25) is 14.2 Å². The van der Waals surface area contributed by atoms with E-state index in [9.17, 15) is 27.4 Å². The first-order chi connectivity index (χ1) is 16.3. The van der Waals surface area contributed by atoms with E-state index < -0.39 is 45.1 Å². The summed E-state index contributed by atoms with van der Waals surface area (Å²) in [5, 5.41) is 1.52. The number of nitrogens with one attached hydrogen (secondary N) is 1. The van der Waals surface area contributed by atoms with Gasteiger partial charge in [-0.05, 0) is 45.6 Å². The molecule has 2 atom stereocenters. The van der Waals surface area contributed by atoms with E-state index >= 15 is 0 Å². The Balaban J connectivity index is 1.61. The third-order valence-electron chi connectivity index (χ3n) is 5.94. The number of hydrogen-bond acceptors (Lipinski definition) is 7. The van der Waals surface area contributed by atoms with Crippen molar-refractivity contribution in [1.29, 1.82) is 0 Å². The Kier molecular flexibility index (Phi) is 8.26. The molecule has 0 unspecified atom stereocenters. The largest absolute Gasteiger partial charge is 0.445 e. The predicted octanol–water partition coefficient (Wildman–Crippen LogP) is 2.17. The Morgan fingerprint density at radius 2 is 1.74 bits per heavy atom. The highest BCUT2D eigenvalue weighted by molar-refractivity contribution is 7.86. The van der Waals surface area contributed by atoms with Crippen molar-refractivity contribution in [3.63, 3.8) is 0 Å². The van der Waals surface area contributed by atoms with Crippen LogP contribution in [0.15, 0.2) is 30.3 Å². The molecule has 0 bridgehead atoms. The average molecular weight is 512 g/mol. The van der Waals surface area contributed by atoms with E-state index in [1.165, 1.54) is 0 Å². The van der Waals surface area contributed by atoms with Crippen molar-refractivity contribution in [2.24, 2.45) is 0 Å². The fourth-order valence-electron chi connectivity index (χ4n) is 4.18. The lowest BCUT2D eigenvalue weighted by Gasteiger charge is -2.35. The van der Waals surface area contributed by atoms with Gasteiger partial charge in [-0.25, -0.2) is 9.59 Å². The lowest BCUT2D eigenvalue weighted by Crippen LogP contribution is -2.52. The van der Waals surface area contributed by atoms with Gasteiger partial charge in [0.2, 0.25) is 5.91 Å². The Labute approximate surface area is 205 Å². The maximum Gasteiger partial charge on any atom is 0.410 e. The van der Waals surface area contributed by atoms with Gasteiger partial charge in [0, 0.05) is 25.7 Å². The number of ether oxygens (including phenoxy) is 2. The van der Waals surface area contributed by atoms with Gasteiger partial charge in [-0.2, -0.15) is 8.42 Å². The number of likely N-dealkylation sites (tertiary alicyclic amines) is 2. The second-order valence-electron chi connectivity index (χ2n) is 9.83. The Bertz CT molecular complexity index is 1020. The minimum Gasteiger partial charge on any atom is -0.445 e. The van der Waals surface area contributed by atoms with Crippen LogP contribution in [0.25, 0.3) is 0 Å². The molecular weight excluding hydrogens is 478 g/mol. The molecule has 11 nitrogen and oxygen atoms in total. The Morgan fingerprint density at radius 1 is 1.11 bits per heavy atom. The Hall–Kier alpha value is -2.86. The van der Waals surface area contributed by atoms with E-state index in [0.29, 0.717) is 25.9 Å². The van der Waals surface area contributed by atoms with E-state index in [2.05, 4.69) is 5.32 Å². The smallest absolute Gasteiger partial charge is 0.410 e. The lowest BCUT2D eigenvalue weighted by molar-refractivity contribution is -0.136. The predicted molar refractivity (Wildman–Crippen MR) is 126 cm³/mol. The number of carbonyl (C=O) groups excluding carboxylic acids is 3. The molecule has 0 saturated carbocycles. The summed E-state index contributed by atoms with van der Waals surface area (Å²) in [6, 6.07) is 7.72. The van der Waals surface area contributed by atoms with Crippen LogP contribution in [0, 0.1) is 0 Å². The van der Waals surface area contributed by atoms with Crippen molar-refractivity contribution in [3.05, 3.63) is 35.9 Å². The lowest BCUT2D eigenvalue weighted by atomic mass is 10.0. The van der Waals surface area contributed by atoms with Crippen LogP contribution in [-0.4, -0.2) is 83.4 Å². The third kappa shape index (κ3) is 7.56. The molecule has 0 radical (unpaired) electrons. The second kappa shape index (κ2) is 10.8. The molecule has 2 aliphatic heterocycles. The van der Waals surface area contributed by atoms with Crippen molar-refractivity contribution < 1.29 is 36.8 Å². The zero-order valence-electron chi connectivity index (χ0n) is 20.2. The number of piperidine rings is 1. The first kappa shape index (κ1) is 26.7. The van der Waals surface area contributed by atoms with Gasteiger partial charge in [-0.1, -0.05) is 30.3 Å². The topological polar surface area (TPSA) is 143 Å². The molecule has 3 rings (SSSR count). The zero-order valence-corrected chi connectivity index (χ0v) is 21.0. The monoisotopic (exact) mass is 511 g/mol. The number of hydrogen-bond donors (Lipinski definition) is 2. The summed E-state index contributed by atoms with van der Waals surface area (Å²) < 4.78 is 43.7. The van der Waals surface area contributed by atoms with E-state index in [1.54, 1.807) is 49.9 Å². The highest BCUT2D eigenvalue weighted by atomic mass is 32.2. The fraction of sp³-hybridized carbons (Fsp3) is 0.609. The molecule has 1 aromatic rings. The highest BCUT2D eigenvalue weighted by Crippen LogP contribution is 2.27. The summed E-state index contributed by atoms with van der Waals surface area (Å²) in [4.78, 5) is 40.7. The van der Waals surface area contributed by atoms with Crippen molar-refractivity contribution >= 4 is 28.2 Å². The van der Waals surface area contributed by atoms with Gasteiger partial charge in [0.15, 0.2) is 0 Å². The van der Waals surface area contributed by atoms with Gasteiger partial charge in [-0.15, -0.1) is 0 Å².